The maximum absolute atomic E-state index is 14.8. The molecule has 4 rings (SSSR count). The highest BCUT2D eigenvalue weighted by atomic mass is 35.5. The smallest absolute Gasteiger partial charge is 0.284 e. The van der Waals surface area contributed by atoms with Gasteiger partial charge in [-0.3, -0.25) is 9.67 Å². The average Bonchev–Trinajstić information content (AvgIpc) is 3.27. The summed E-state index contributed by atoms with van der Waals surface area (Å²) in [5.41, 5.74) is 13.5. The Morgan fingerprint density at radius 3 is 2.90 bits per heavy atom. The average molecular weight is 454 g/mol. The fourth-order valence-electron chi connectivity index (χ4n) is 3.50. The number of rotatable bonds is 5. The summed E-state index contributed by atoms with van der Waals surface area (Å²) in [6.45, 7) is 0.245. The zero-order chi connectivity index (χ0) is 21.5. The Labute approximate surface area is 180 Å². The number of fused-ring (bicyclic) bond motifs is 3. The van der Waals surface area contributed by atoms with E-state index in [1.54, 1.807) is 18.2 Å². The second-order valence-electron chi connectivity index (χ2n) is 7.11. The minimum Gasteiger partial charge on any atom is -0.383 e. The zero-order valence-corrected chi connectivity index (χ0v) is 17.4. The van der Waals surface area contributed by atoms with Crippen molar-refractivity contribution < 1.29 is 13.2 Å². The van der Waals surface area contributed by atoms with E-state index in [4.69, 9.17) is 23.1 Å². The van der Waals surface area contributed by atoms with E-state index in [1.165, 1.54) is 23.0 Å². The van der Waals surface area contributed by atoms with Crippen LogP contribution in [-0.4, -0.2) is 28.2 Å². The van der Waals surface area contributed by atoms with Crippen LogP contribution in [0.2, 0.25) is 5.02 Å². The number of aromatic nitrogens is 2. The Balaban J connectivity index is 1.69. The van der Waals surface area contributed by atoms with Crippen molar-refractivity contribution in [2.24, 2.45) is 16.5 Å². The number of hydrogen-bond donors (Lipinski definition) is 2. The summed E-state index contributed by atoms with van der Waals surface area (Å²) >= 11 is 7.11. The SMILES string of the molecule is NCC(Cc1cccc(F)c1)N=C(N)c1cc2c(s1)C(F)(F)CCn1ncc(Cl)c1-2. The van der Waals surface area contributed by atoms with Crippen LogP contribution in [-0.2, 0) is 18.9 Å². The predicted octanol–water partition coefficient (Wildman–Crippen LogP) is 4.17. The molecule has 1 aromatic carbocycles. The lowest BCUT2D eigenvalue weighted by Crippen LogP contribution is -2.25. The van der Waals surface area contributed by atoms with Gasteiger partial charge in [0.1, 0.15) is 11.7 Å². The van der Waals surface area contributed by atoms with Gasteiger partial charge in [-0.25, -0.2) is 13.2 Å². The highest BCUT2D eigenvalue weighted by Gasteiger charge is 2.40. The van der Waals surface area contributed by atoms with Gasteiger partial charge in [0.25, 0.3) is 5.92 Å². The minimum atomic E-state index is -3.03. The highest BCUT2D eigenvalue weighted by molar-refractivity contribution is 7.14. The molecule has 5 nitrogen and oxygen atoms in total. The summed E-state index contributed by atoms with van der Waals surface area (Å²) in [4.78, 5) is 4.73. The molecule has 0 saturated carbocycles. The minimum absolute atomic E-state index is 0.0677. The number of aliphatic imine (C=N–C) groups is 1. The molecule has 0 bridgehead atoms. The molecule has 4 N–H and O–H groups in total. The molecule has 0 saturated heterocycles. The second-order valence-corrected chi connectivity index (χ2v) is 8.57. The van der Waals surface area contributed by atoms with Gasteiger partial charge in [-0.15, -0.1) is 11.3 Å². The van der Waals surface area contributed by atoms with Crippen molar-refractivity contribution in [3.8, 4) is 11.3 Å². The monoisotopic (exact) mass is 453 g/mol. The first-order chi connectivity index (χ1) is 14.3. The number of halogens is 4. The van der Waals surface area contributed by atoms with E-state index < -0.39 is 12.0 Å². The lowest BCUT2D eigenvalue weighted by atomic mass is 10.1. The molecule has 1 aliphatic rings. The molecular formula is C20H19ClF3N5S. The first kappa shape index (κ1) is 20.9. The van der Waals surface area contributed by atoms with Crippen molar-refractivity contribution in [2.75, 3.05) is 6.54 Å². The molecule has 0 fully saturated rings. The van der Waals surface area contributed by atoms with Crippen molar-refractivity contribution in [1.29, 1.82) is 0 Å². The fraction of sp³-hybridized carbons (Fsp3) is 0.300. The Morgan fingerprint density at radius 2 is 2.17 bits per heavy atom. The van der Waals surface area contributed by atoms with Crippen LogP contribution in [0.25, 0.3) is 11.3 Å². The Kier molecular flexibility index (Phi) is 5.61. The Bertz CT molecular complexity index is 1110. The van der Waals surface area contributed by atoms with Crippen LogP contribution in [0.3, 0.4) is 0 Å². The van der Waals surface area contributed by atoms with Crippen molar-refractivity contribution >= 4 is 28.8 Å². The molecule has 1 unspecified atom stereocenters. The molecule has 0 amide bonds. The summed E-state index contributed by atoms with van der Waals surface area (Å²) in [6, 6.07) is 7.31. The maximum Gasteiger partial charge on any atom is 0.284 e. The van der Waals surface area contributed by atoms with Crippen molar-refractivity contribution in [1.82, 2.24) is 9.78 Å². The normalized spacial score (nSPS) is 16.6. The van der Waals surface area contributed by atoms with Crippen LogP contribution in [0.15, 0.2) is 41.5 Å². The van der Waals surface area contributed by atoms with Crippen LogP contribution in [0.4, 0.5) is 13.2 Å². The van der Waals surface area contributed by atoms with Crippen LogP contribution >= 0.6 is 22.9 Å². The third-order valence-corrected chi connectivity index (χ3v) is 6.50. The fourth-order valence-corrected chi connectivity index (χ4v) is 4.82. The van der Waals surface area contributed by atoms with Gasteiger partial charge in [-0.2, -0.15) is 5.10 Å². The molecule has 0 radical (unpaired) electrons. The third-order valence-electron chi connectivity index (χ3n) is 4.96. The van der Waals surface area contributed by atoms with E-state index in [-0.39, 0.29) is 36.0 Å². The van der Waals surface area contributed by atoms with E-state index in [0.717, 1.165) is 16.9 Å². The standard InChI is InChI=1S/C20H19ClF3N5S/c21-15-10-27-29-5-4-20(23,24)18-14(17(15)29)8-16(30-18)19(26)28-13(9-25)7-11-2-1-3-12(22)6-11/h1-3,6,8,10,13H,4-5,7,9,25H2,(H2,26,28). The van der Waals surface area contributed by atoms with Crippen LogP contribution in [0.5, 0.6) is 0 Å². The summed E-state index contributed by atoms with van der Waals surface area (Å²) in [5.74, 6) is -3.27. The van der Waals surface area contributed by atoms with E-state index in [9.17, 15) is 13.2 Å². The predicted molar refractivity (Wildman–Crippen MR) is 113 cm³/mol. The molecule has 3 heterocycles. The third kappa shape index (κ3) is 3.97. The molecular weight excluding hydrogens is 435 g/mol. The molecule has 0 spiro atoms. The molecule has 1 atom stereocenters. The summed E-state index contributed by atoms with van der Waals surface area (Å²) in [5, 5.41) is 4.40. The van der Waals surface area contributed by atoms with Gasteiger partial charge in [0, 0.05) is 25.1 Å². The van der Waals surface area contributed by atoms with E-state index in [1.807, 2.05) is 0 Å². The molecule has 10 heteroatoms. The van der Waals surface area contributed by atoms with Crippen molar-refractivity contribution in [3.63, 3.8) is 0 Å². The largest absolute Gasteiger partial charge is 0.383 e. The lowest BCUT2D eigenvalue weighted by Gasteiger charge is -2.13. The summed E-state index contributed by atoms with van der Waals surface area (Å²) in [7, 11) is 0. The van der Waals surface area contributed by atoms with Gasteiger partial charge < -0.3 is 11.5 Å². The molecule has 3 aromatic rings. The van der Waals surface area contributed by atoms with E-state index in [2.05, 4.69) is 10.1 Å². The highest BCUT2D eigenvalue weighted by Crippen LogP contribution is 2.47. The number of nitrogens with zero attached hydrogens (tertiary/aromatic N) is 3. The molecule has 2 aromatic heterocycles. The van der Waals surface area contributed by atoms with E-state index >= 15 is 0 Å². The number of aryl methyl sites for hydroxylation is 1. The zero-order valence-electron chi connectivity index (χ0n) is 15.8. The maximum atomic E-state index is 14.8. The van der Waals surface area contributed by atoms with Gasteiger partial charge in [0.05, 0.1) is 32.7 Å². The first-order valence-electron chi connectivity index (χ1n) is 9.30. The number of hydrogen-bond acceptors (Lipinski definition) is 4. The Morgan fingerprint density at radius 1 is 1.37 bits per heavy atom. The molecule has 1 aliphatic heterocycles. The van der Waals surface area contributed by atoms with Gasteiger partial charge in [-0.1, -0.05) is 23.7 Å². The number of benzene rings is 1. The van der Waals surface area contributed by atoms with Gasteiger partial charge in [0.15, 0.2) is 0 Å². The quantitative estimate of drug-likeness (QED) is 0.449. The number of amidine groups is 1. The number of nitrogens with two attached hydrogens (primary N) is 2. The first-order valence-corrected chi connectivity index (χ1v) is 10.5. The van der Waals surface area contributed by atoms with Crippen molar-refractivity contribution in [3.05, 3.63) is 62.7 Å². The van der Waals surface area contributed by atoms with Crippen LogP contribution < -0.4 is 11.5 Å². The van der Waals surface area contributed by atoms with Gasteiger partial charge in [0.2, 0.25) is 0 Å². The lowest BCUT2D eigenvalue weighted by molar-refractivity contribution is -0.0122. The Hall–Kier alpha value is -2.36. The second kappa shape index (κ2) is 8.05. The van der Waals surface area contributed by atoms with Crippen molar-refractivity contribution in [2.45, 2.75) is 31.4 Å². The topological polar surface area (TPSA) is 82.2 Å². The van der Waals surface area contributed by atoms with E-state index in [0.29, 0.717) is 27.6 Å². The van der Waals surface area contributed by atoms with Crippen LogP contribution in [0.1, 0.15) is 21.7 Å². The van der Waals surface area contributed by atoms with Crippen LogP contribution in [0, 0.1) is 5.82 Å². The number of thiophene rings is 1. The summed E-state index contributed by atoms with van der Waals surface area (Å²) in [6.07, 6.45) is 1.45. The molecule has 30 heavy (non-hydrogen) atoms. The molecule has 0 aliphatic carbocycles. The van der Waals surface area contributed by atoms with Gasteiger partial charge in [-0.05, 0) is 30.2 Å². The van der Waals surface area contributed by atoms with Gasteiger partial charge >= 0.3 is 0 Å². The summed E-state index contributed by atoms with van der Waals surface area (Å²) < 4.78 is 44.4. The number of alkyl halides is 2. The molecule has 158 valence electrons.